The van der Waals surface area contributed by atoms with Gasteiger partial charge in [0.05, 0.1) is 14.2 Å². The largest absolute Gasteiger partial charge is 0.493 e. The fraction of sp³-hybridized carbons (Fsp3) is 0.208. The molecule has 0 bridgehead atoms. The van der Waals surface area contributed by atoms with Gasteiger partial charge in [0.25, 0.3) is 5.91 Å². The van der Waals surface area contributed by atoms with Crippen molar-refractivity contribution in [2.75, 3.05) is 26.1 Å². The first-order chi connectivity index (χ1) is 15.4. The summed E-state index contributed by atoms with van der Waals surface area (Å²) in [6, 6.07) is 17.5. The van der Waals surface area contributed by atoms with Gasteiger partial charge in [-0.2, -0.15) is 0 Å². The van der Waals surface area contributed by atoms with E-state index in [1.165, 1.54) is 14.2 Å². The van der Waals surface area contributed by atoms with Crippen LogP contribution in [-0.4, -0.2) is 43.5 Å². The number of urea groups is 1. The first-order valence-corrected chi connectivity index (χ1v) is 10.0. The summed E-state index contributed by atoms with van der Waals surface area (Å²) in [5.74, 6) is -0.0292. The number of ether oxygens (including phenoxy) is 2. The van der Waals surface area contributed by atoms with Gasteiger partial charge in [-0.05, 0) is 35.4 Å². The minimum Gasteiger partial charge on any atom is -0.493 e. The number of nitrogens with zero attached hydrogens (tertiary/aromatic N) is 1. The van der Waals surface area contributed by atoms with Gasteiger partial charge < -0.3 is 20.1 Å². The summed E-state index contributed by atoms with van der Waals surface area (Å²) in [6.45, 7) is 1.24. The third-order valence-corrected chi connectivity index (χ3v) is 5.57. The zero-order valence-corrected chi connectivity index (χ0v) is 18.0. The summed E-state index contributed by atoms with van der Waals surface area (Å²) in [4.78, 5) is 39.5. The van der Waals surface area contributed by atoms with E-state index in [1.54, 1.807) is 25.1 Å². The van der Waals surface area contributed by atoms with E-state index < -0.39 is 29.9 Å². The van der Waals surface area contributed by atoms with Gasteiger partial charge in [-0.3, -0.25) is 14.5 Å². The van der Waals surface area contributed by atoms with E-state index >= 15 is 0 Å². The normalized spacial score (nSPS) is 17.9. The molecule has 1 aliphatic heterocycles. The monoisotopic (exact) mass is 433 g/mol. The van der Waals surface area contributed by atoms with Crippen LogP contribution in [0.3, 0.4) is 0 Å². The van der Waals surface area contributed by atoms with Crippen molar-refractivity contribution in [2.24, 2.45) is 0 Å². The van der Waals surface area contributed by atoms with E-state index in [0.29, 0.717) is 22.7 Å². The van der Waals surface area contributed by atoms with Crippen molar-refractivity contribution in [1.29, 1.82) is 0 Å². The van der Waals surface area contributed by atoms with Gasteiger partial charge in [-0.1, -0.05) is 42.5 Å². The number of carbonyl (C=O) groups excluding carboxylic acids is 3. The fourth-order valence-corrected chi connectivity index (χ4v) is 3.94. The van der Waals surface area contributed by atoms with Crippen LogP contribution in [0.4, 0.5) is 10.5 Å². The Bertz CT molecular complexity index is 1220. The van der Waals surface area contributed by atoms with E-state index in [2.05, 4.69) is 10.6 Å². The second-order valence-corrected chi connectivity index (χ2v) is 7.59. The molecule has 3 aromatic rings. The van der Waals surface area contributed by atoms with Crippen molar-refractivity contribution < 1.29 is 23.9 Å². The molecule has 0 aromatic heterocycles. The number of fused-ring (bicyclic) bond motifs is 1. The van der Waals surface area contributed by atoms with E-state index in [0.717, 1.165) is 15.7 Å². The van der Waals surface area contributed by atoms with Crippen molar-refractivity contribution in [3.05, 3.63) is 66.2 Å². The average Bonchev–Trinajstić information content (AvgIpc) is 3.02. The number of hydrogen-bond acceptors (Lipinski definition) is 5. The molecule has 2 N–H and O–H groups in total. The van der Waals surface area contributed by atoms with E-state index in [4.69, 9.17) is 9.47 Å². The van der Waals surface area contributed by atoms with Crippen LogP contribution < -0.4 is 20.1 Å². The molecule has 0 aliphatic carbocycles. The van der Waals surface area contributed by atoms with Crippen LogP contribution in [0.1, 0.15) is 12.5 Å². The second kappa shape index (κ2) is 8.22. The number of benzene rings is 3. The molecule has 4 amide bonds. The van der Waals surface area contributed by atoms with Gasteiger partial charge in [0.2, 0.25) is 5.91 Å². The first kappa shape index (κ1) is 21.2. The molecule has 0 spiro atoms. The van der Waals surface area contributed by atoms with Gasteiger partial charge in [-0.25, -0.2) is 4.79 Å². The molecule has 0 unspecified atom stereocenters. The van der Waals surface area contributed by atoms with Crippen molar-refractivity contribution in [3.8, 4) is 11.5 Å². The standard InChI is InChI=1S/C24H23N3O5/c1-24(18-10-6-8-15-7-4-5-9-17(15)18)22(29)27(23(30)26-24)14-21(28)25-16-11-12-19(31-2)20(13-16)32-3/h4-13H,14H2,1-3H3,(H,25,28)(H,26,30)/t24-/m1/s1. The minimum atomic E-state index is -1.28. The highest BCUT2D eigenvalue weighted by Crippen LogP contribution is 2.34. The van der Waals surface area contributed by atoms with E-state index in [-0.39, 0.29) is 0 Å². The molecular weight excluding hydrogens is 410 g/mol. The molecule has 164 valence electrons. The molecule has 0 radical (unpaired) electrons. The van der Waals surface area contributed by atoms with Gasteiger partial charge in [0.1, 0.15) is 12.1 Å². The predicted molar refractivity (Wildman–Crippen MR) is 120 cm³/mol. The molecule has 0 saturated carbocycles. The topological polar surface area (TPSA) is 97.0 Å². The molecule has 8 heteroatoms. The molecule has 4 rings (SSSR count). The number of nitrogens with one attached hydrogen (secondary N) is 2. The molecule has 8 nitrogen and oxygen atoms in total. The Balaban J connectivity index is 1.55. The number of imide groups is 1. The zero-order valence-electron chi connectivity index (χ0n) is 18.0. The van der Waals surface area contributed by atoms with Crippen LogP contribution in [0.5, 0.6) is 11.5 Å². The van der Waals surface area contributed by atoms with Crippen LogP contribution in [-0.2, 0) is 15.1 Å². The quantitative estimate of drug-likeness (QED) is 0.582. The molecule has 1 heterocycles. The minimum absolute atomic E-state index is 0.417. The Morgan fingerprint density at radius 2 is 1.72 bits per heavy atom. The SMILES string of the molecule is COc1ccc(NC(=O)CN2C(=O)N[C@](C)(c3cccc4ccccc34)C2=O)cc1OC. The van der Waals surface area contributed by atoms with Gasteiger partial charge in [0.15, 0.2) is 11.5 Å². The highest BCUT2D eigenvalue weighted by atomic mass is 16.5. The number of anilines is 1. The smallest absolute Gasteiger partial charge is 0.325 e. The van der Waals surface area contributed by atoms with Crippen LogP contribution >= 0.6 is 0 Å². The summed E-state index contributed by atoms with van der Waals surface area (Å²) in [6.07, 6.45) is 0. The summed E-state index contributed by atoms with van der Waals surface area (Å²) in [7, 11) is 3.01. The Morgan fingerprint density at radius 1 is 1.00 bits per heavy atom. The number of hydrogen-bond donors (Lipinski definition) is 2. The van der Waals surface area contributed by atoms with E-state index in [9.17, 15) is 14.4 Å². The van der Waals surface area contributed by atoms with Crippen molar-refractivity contribution in [3.63, 3.8) is 0 Å². The number of carbonyl (C=O) groups is 3. The summed E-state index contributed by atoms with van der Waals surface area (Å²) in [5.41, 5.74) is -0.144. The summed E-state index contributed by atoms with van der Waals surface area (Å²) in [5, 5.41) is 7.27. The van der Waals surface area contributed by atoms with Crippen LogP contribution in [0.25, 0.3) is 10.8 Å². The molecule has 1 aliphatic rings. The number of methoxy groups -OCH3 is 2. The third kappa shape index (κ3) is 3.60. The molecule has 1 atom stereocenters. The molecular formula is C24H23N3O5. The number of amides is 4. The number of rotatable bonds is 6. The lowest BCUT2D eigenvalue weighted by molar-refractivity contribution is -0.133. The Labute approximate surface area is 185 Å². The molecule has 1 saturated heterocycles. The lowest BCUT2D eigenvalue weighted by atomic mass is 9.88. The third-order valence-electron chi connectivity index (χ3n) is 5.57. The van der Waals surface area contributed by atoms with Crippen LogP contribution in [0.2, 0.25) is 0 Å². The maximum atomic E-state index is 13.3. The van der Waals surface area contributed by atoms with E-state index in [1.807, 2.05) is 42.5 Å². The van der Waals surface area contributed by atoms with Gasteiger partial charge in [-0.15, -0.1) is 0 Å². The summed E-state index contributed by atoms with van der Waals surface area (Å²) < 4.78 is 10.4. The Hall–Kier alpha value is -4.07. The first-order valence-electron chi connectivity index (χ1n) is 10.0. The predicted octanol–water partition coefficient (Wildman–Crippen LogP) is 3.26. The van der Waals surface area contributed by atoms with Crippen molar-refractivity contribution in [1.82, 2.24) is 10.2 Å². The van der Waals surface area contributed by atoms with Gasteiger partial charge >= 0.3 is 6.03 Å². The van der Waals surface area contributed by atoms with Crippen molar-refractivity contribution >= 4 is 34.3 Å². The highest BCUT2D eigenvalue weighted by molar-refractivity contribution is 6.11. The van der Waals surface area contributed by atoms with Crippen LogP contribution in [0, 0.1) is 0 Å². The van der Waals surface area contributed by atoms with Crippen LogP contribution in [0.15, 0.2) is 60.7 Å². The lowest BCUT2D eigenvalue weighted by Gasteiger charge is -2.24. The molecule has 3 aromatic carbocycles. The average molecular weight is 433 g/mol. The molecule has 1 fully saturated rings. The fourth-order valence-electron chi connectivity index (χ4n) is 3.94. The van der Waals surface area contributed by atoms with Gasteiger partial charge in [0, 0.05) is 11.8 Å². The second-order valence-electron chi connectivity index (χ2n) is 7.59. The Morgan fingerprint density at radius 3 is 2.47 bits per heavy atom. The Kier molecular flexibility index (Phi) is 5.44. The molecule has 32 heavy (non-hydrogen) atoms. The summed E-state index contributed by atoms with van der Waals surface area (Å²) >= 11 is 0. The highest BCUT2D eigenvalue weighted by Gasteiger charge is 2.50. The zero-order chi connectivity index (χ0) is 22.9. The van der Waals surface area contributed by atoms with Crippen molar-refractivity contribution in [2.45, 2.75) is 12.5 Å². The lowest BCUT2D eigenvalue weighted by Crippen LogP contribution is -2.42. The maximum Gasteiger partial charge on any atom is 0.325 e. The maximum absolute atomic E-state index is 13.3.